The van der Waals surface area contributed by atoms with Crippen molar-refractivity contribution in [3.8, 4) is 11.5 Å². The quantitative estimate of drug-likeness (QED) is 0.374. The summed E-state index contributed by atoms with van der Waals surface area (Å²) in [5, 5.41) is 0. The second kappa shape index (κ2) is 11.2. The van der Waals surface area contributed by atoms with Crippen molar-refractivity contribution in [2.24, 2.45) is 17.8 Å². The zero-order valence-corrected chi connectivity index (χ0v) is 19.7. The maximum atomic E-state index is 14.2. The molecule has 0 unspecified atom stereocenters. The van der Waals surface area contributed by atoms with Crippen molar-refractivity contribution in [3.63, 3.8) is 0 Å². The van der Waals surface area contributed by atoms with Crippen LogP contribution >= 0.6 is 0 Å². The van der Waals surface area contributed by atoms with E-state index in [1.54, 1.807) is 6.92 Å². The third-order valence-electron chi connectivity index (χ3n) is 7.75. The van der Waals surface area contributed by atoms with Gasteiger partial charge in [-0.3, -0.25) is 0 Å². The normalized spacial score (nSPS) is 25.4. The molecule has 33 heavy (non-hydrogen) atoms. The van der Waals surface area contributed by atoms with Crippen molar-refractivity contribution in [2.45, 2.75) is 70.8 Å². The fourth-order valence-corrected chi connectivity index (χ4v) is 5.72. The van der Waals surface area contributed by atoms with Gasteiger partial charge in [0.1, 0.15) is 6.61 Å². The van der Waals surface area contributed by atoms with Crippen molar-refractivity contribution >= 4 is 0 Å². The first-order valence-corrected chi connectivity index (χ1v) is 12.5. The van der Waals surface area contributed by atoms with Gasteiger partial charge >= 0.3 is 0 Å². The molecule has 0 atom stereocenters. The molecule has 0 N–H and O–H groups in total. The third kappa shape index (κ3) is 5.77. The minimum absolute atomic E-state index is 0.0918. The molecule has 4 rings (SSSR count). The molecule has 4 heteroatoms. The van der Waals surface area contributed by atoms with Crippen molar-refractivity contribution in [2.75, 3.05) is 6.61 Å². The van der Waals surface area contributed by atoms with Gasteiger partial charge in [-0.15, -0.1) is 6.58 Å². The molecular formula is C29H36F2O2. The van der Waals surface area contributed by atoms with Gasteiger partial charge in [-0.25, -0.2) is 0 Å². The number of ether oxygens (including phenoxy) is 2. The highest BCUT2D eigenvalue weighted by molar-refractivity contribution is 5.35. The van der Waals surface area contributed by atoms with Crippen LogP contribution in [0.5, 0.6) is 11.5 Å². The first kappa shape index (κ1) is 23.8. The highest BCUT2D eigenvalue weighted by Crippen LogP contribution is 2.44. The lowest BCUT2D eigenvalue weighted by Gasteiger charge is -2.37. The lowest BCUT2D eigenvalue weighted by molar-refractivity contribution is 0.171. The van der Waals surface area contributed by atoms with E-state index in [0.717, 1.165) is 23.3 Å². The summed E-state index contributed by atoms with van der Waals surface area (Å²) in [6.07, 6.45) is 12.7. The zero-order valence-electron chi connectivity index (χ0n) is 19.7. The fraction of sp³-hybridized carbons (Fsp3) is 0.517. The van der Waals surface area contributed by atoms with Crippen LogP contribution in [0.3, 0.4) is 0 Å². The maximum Gasteiger partial charge on any atom is 0.204 e. The molecule has 2 nitrogen and oxygen atoms in total. The zero-order chi connectivity index (χ0) is 23.2. The van der Waals surface area contributed by atoms with E-state index >= 15 is 0 Å². The van der Waals surface area contributed by atoms with Gasteiger partial charge in [0.2, 0.25) is 11.6 Å². The summed E-state index contributed by atoms with van der Waals surface area (Å²) in [5.41, 5.74) is 2.32. The van der Waals surface area contributed by atoms with Crippen LogP contribution in [0.4, 0.5) is 8.78 Å². The SMILES string of the molecule is C=CC1CCC(C2CCC(c3ccc(COc4ccc(OCC)c(F)c4F)cc3)CC2)CC1. The summed E-state index contributed by atoms with van der Waals surface area (Å²) in [7, 11) is 0. The number of rotatable bonds is 8. The first-order chi connectivity index (χ1) is 16.1. The number of hydrogen-bond donors (Lipinski definition) is 0. The molecule has 0 heterocycles. The van der Waals surface area contributed by atoms with Gasteiger partial charge in [0.25, 0.3) is 0 Å². The monoisotopic (exact) mass is 454 g/mol. The van der Waals surface area contributed by atoms with E-state index < -0.39 is 11.6 Å². The Labute approximate surface area is 197 Å². The van der Waals surface area contributed by atoms with Gasteiger partial charge in [-0.1, -0.05) is 30.3 Å². The standard InChI is InChI=1S/C29H36F2O2/c1-3-20-5-9-22(10-6-20)24-13-15-25(16-14-24)23-11-7-21(8-12-23)19-33-27-18-17-26(32-4-2)28(30)29(27)31/h3,7-8,11-12,17-18,20,22,24-25H,1,4-6,9-10,13-16,19H2,2H3. The van der Waals surface area contributed by atoms with Crippen molar-refractivity contribution < 1.29 is 18.3 Å². The second-order valence-electron chi connectivity index (χ2n) is 9.68. The van der Waals surface area contributed by atoms with Gasteiger partial charge in [0.15, 0.2) is 11.5 Å². The summed E-state index contributed by atoms with van der Waals surface area (Å²) in [4.78, 5) is 0. The first-order valence-electron chi connectivity index (χ1n) is 12.5. The predicted octanol–water partition coefficient (Wildman–Crippen LogP) is 8.21. The van der Waals surface area contributed by atoms with Crippen molar-refractivity contribution in [3.05, 3.63) is 71.8 Å². The highest BCUT2D eigenvalue weighted by Gasteiger charge is 2.30. The molecule has 0 aliphatic heterocycles. The molecule has 2 aromatic rings. The van der Waals surface area contributed by atoms with E-state index in [4.69, 9.17) is 9.47 Å². The molecule has 178 valence electrons. The van der Waals surface area contributed by atoms with Crippen LogP contribution in [0.2, 0.25) is 0 Å². The third-order valence-corrected chi connectivity index (χ3v) is 7.75. The minimum Gasteiger partial charge on any atom is -0.491 e. The molecule has 2 aromatic carbocycles. The molecule has 2 aliphatic carbocycles. The molecule has 0 saturated heterocycles. The Bertz CT molecular complexity index is 908. The number of hydrogen-bond acceptors (Lipinski definition) is 2. The van der Waals surface area contributed by atoms with E-state index in [0.29, 0.717) is 5.92 Å². The lowest BCUT2D eigenvalue weighted by Crippen LogP contribution is -2.25. The molecule has 0 spiro atoms. The number of halogens is 2. The topological polar surface area (TPSA) is 18.5 Å². The highest BCUT2D eigenvalue weighted by atomic mass is 19.2. The van der Waals surface area contributed by atoms with E-state index in [-0.39, 0.29) is 24.7 Å². The molecule has 0 aromatic heterocycles. The average Bonchev–Trinajstić information content (AvgIpc) is 2.87. The van der Waals surface area contributed by atoms with Crippen molar-refractivity contribution in [1.29, 1.82) is 0 Å². The van der Waals surface area contributed by atoms with Crippen molar-refractivity contribution in [1.82, 2.24) is 0 Å². The fourth-order valence-electron chi connectivity index (χ4n) is 5.72. The van der Waals surface area contributed by atoms with Crippen LogP contribution in [-0.2, 0) is 6.61 Å². The lowest BCUT2D eigenvalue weighted by atomic mass is 9.68. The van der Waals surface area contributed by atoms with Crippen LogP contribution in [0, 0.1) is 29.4 Å². The number of benzene rings is 2. The summed E-state index contributed by atoms with van der Waals surface area (Å²) < 4.78 is 38.9. The Morgan fingerprint density at radius 1 is 0.788 bits per heavy atom. The predicted molar refractivity (Wildman–Crippen MR) is 129 cm³/mol. The smallest absolute Gasteiger partial charge is 0.204 e. The van der Waals surface area contributed by atoms with Gasteiger partial charge in [-0.05, 0) is 105 Å². The molecular weight excluding hydrogens is 418 g/mol. The maximum absolute atomic E-state index is 14.2. The van der Waals surface area contributed by atoms with E-state index in [1.165, 1.54) is 69.1 Å². The molecule has 2 aliphatic rings. The van der Waals surface area contributed by atoms with Gasteiger partial charge < -0.3 is 9.47 Å². The Morgan fingerprint density at radius 2 is 1.33 bits per heavy atom. The summed E-state index contributed by atoms with van der Waals surface area (Å²) in [6.45, 7) is 6.18. The van der Waals surface area contributed by atoms with Crippen LogP contribution in [0.1, 0.15) is 75.3 Å². The van der Waals surface area contributed by atoms with E-state index in [1.807, 2.05) is 12.1 Å². The number of allylic oxidation sites excluding steroid dienone is 1. The van der Waals surface area contributed by atoms with Gasteiger partial charge in [0.05, 0.1) is 6.61 Å². The largest absolute Gasteiger partial charge is 0.491 e. The molecule has 0 amide bonds. The average molecular weight is 455 g/mol. The summed E-state index contributed by atoms with van der Waals surface area (Å²) in [6, 6.07) is 11.3. The molecule has 0 bridgehead atoms. The second-order valence-corrected chi connectivity index (χ2v) is 9.68. The van der Waals surface area contributed by atoms with Crippen LogP contribution in [0.15, 0.2) is 49.1 Å². The Kier molecular flexibility index (Phi) is 8.06. The van der Waals surface area contributed by atoms with Gasteiger partial charge in [0, 0.05) is 0 Å². The van der Waals surface area contributed by atoms with Crippen LogP contribution in [-0.4, -0.2) is 6.61 Å². The summed E-state index contributed by atoms with van der Waals surface area (Å²) in [5.74, 6) is 0.967. The minimum atomic E-state index is -1.01. The van der Waals surface area contributed by atoms with E-state index in [9.17, 15) is 8.78 Å². The van der Waals surface area contributed by atoms with Crippen LogP contribution < -0.4 is 9.47 Å². The van der Waals surface area contributed by atoms with Crippen LogP contribution in [0.25, 0.3) is 0 Å². The Balaban J connectivity index is 1.27. The molecule has 0 radical (unpaired) electrons. The molecule has 2 fully saturated rings. The Hall–Kier alpha value is -2.36. The van der Waals surface area contributed by atoms with E-state index in [2.05, 4.69) is 24.8 Å². The van der Waals surface area contributed by atoms with Gasteiger partial charge in [-0.2, -0.15) is 8.78 Å². The Morgan fingerprint density at radius 3 is 1.88 bits per heavy atom. The molecule has 2 saturated carbocycles. The summed E-state index contributed by atoms with van der Waals surface area (Å²) >= 11 is 0.